The lowest BCUT2D eigenvalue weighted by Crippen LogP contribution is -2.55. The summed E-state index contributed by atoms with van der Waals surface area (Å²) in [4.78, 5) is 40.4. The van der Waals surface area contributed by atoms with E-state index in [2.05, 4.69) is 10.6 Å². The Morgan fingerprint density at radius 2 is 1.54 bits per heavy atom. The summed E-state index contributed by atoms with van der Waals surface area (Å²) >= 11 is 0. The Hall–Kier alpha value is -4.50. The monoisotopic (exact) mass is 527 g/mol. The minimum atomic E-state index is -1.07. The van der Waals surface area contributed by atoms with Crippen LogP contribution in [0.2, 0.25) is 0 Å². The summed E-state index contributed by atoms with van der Waals surface area (Å²) in [6.07, 6.45) is 1.19. The predicted molar refractivity (Wildman–Crippen MR) is 148 cm³/mol. The Kier molecular flexibility index (Phi) is 9.06. The van der Waals surface area contributed by atoms with Crippen molar-refractivity contribution >= 4 is 23.6 Å². The van der Waals surface area contributed by atoms with E-state index in [0.717, 1.165) is 16.7 Å². The number of nitrogen functional groups attached to an aromatic ring is 1. The smallest absolute Gasteiger partial charge is 0.317 e. The lowest BCUT2D eigenvalue weighted by molar-refractivity contribution is -0.141. The van der Waals surface area contributed by atoms with Gasteiger partial charge in [0.15, 0.2) is 0 Å². The highest BCUT2D eigenvalue weighted by atomic mass is 16.4. The van der Waals surface area contributed by atoms with Crippen LogP contribution in [-0.4, -0.2) is 58.8 Å². The maximum Gasteiger partial charge on any atom is 0.317 e. The third-order valence-electron chi connectivity index (χ3n) is 6.96. The van der Waals surface area contributed by atoms with Crippen LogP contribution in [0, 0.1) is 5.41 Å². The van der Waals surface area contributed by atoms with E-state index < -0.39 is 30.5 Å². The zero-order chi connectivity index (χ0) is 27.8. The number of carboxylic acid groups (broad SMARTS) is 1. The Labute approximate surface area is 227 Å². The average molecular weight is 528 g/mol. The maximum atomic E-state index is 14.1. The number of nitrogens with zero attached hydrogens (tertiary/aromatic N) is 1. The molecule has 9 nitrogen and oxygen atoms in total. The lowest BCUT2D eigenvalue weighted by Gasteiger charge is -2.33. The summed E-state index contributed by atoms with van der Waals surface area (Å²) in [6, 6.07) is 24.5. The molecule has 0 radical (unpaired) electrons. The van der Waals surface area contributed by atoms with Gasteiger partial charge in [0, 0.05) is 24.6 Å². The van der Waals surface area contributed by atoms with Gasteiger partial charge in [0.1, 0.15) is 11.9 Å². The highest BCUT2D eigenvalue weighted by molar-refractivity contribution is 5.95. The van der Waals surface area contributed by atoms with Crippen LogP contribution in [0.15, 0.2) is 84.9 Å². The minimum absolute atomic E-state index is 0.0268. The van der Waals surface area contributed by atoms with Gasteiger partial charge in [-0.25, -0.2) is 0 Å². The first-order valence-electron chi connectivity index (χ1n) is 12.9. The van der Waals surface area contributed by atoms with E-state index in [1.807, 2.05) is 60.7 Å². The van der Waals surface area contributed by atoms with Crippen molar-refractivity contribution < 1.29 is 19.5 Å². The number of amidine groups is 1. The molecule has 6 N–H and O–H groups in total. The molecule has 0 unspecified atom stereocenters. The van der Waals surface area contributed by atoms with Crippen LogP contribution in [0.3, 0.4) is 0 Å². The van der Waals surface area contributed by atoms with Crippen LogP contribution in [0.1, 0.15) is 41.0 Å². The third kappa shape index (κ3) is 6.88. The molecule has 0 aromatic heterocycles. The van der Waals surface area contributed by atoms with Crippen molar-refractivity contribution in [1.29, 1.82) is 5.41 Å². The van der Waals surface area contributed by atoms with E-state index in [1.54, 1.807) is 29.2 Å². The van der Waals surface area contributed by atoms with E-state index in [1.165, 1.54) is 0 Å². The van der Waals surface area contributed by atoms with E-state index in [0.29, 0.717) is 24.9 Å². The van der Waals surface area contributed by atoms with Crippen molar-refractivity contribution in [1.82, 2.24) is 15.5 Å². The number of carbonyl (C=O) groups is 3. The fourth-order valence-electron chi connectivity index (χ4n) is 5.03. The van der Waals surface area contributed by atoms with Crippen molar-refractivity contribution in [2.75, 3.05) is 13.1 Å². The molecular formula is C30H33N5O4. The van der Waals surface area contributed by atoms with Crippen molar-refractivity contribution in [3.05, 3.63) is 107 Å². The zero-order valence-corrected chi connectivity index (χ0v) is 21.5. The van der Waals surface area contributed by atoms with Crippen molar-refractivity contribution in [2.45, 2.75) is 37.4 Å². The molecule has 9 heteroatoms. The Morgan fingerprint density at radius 1 is 0.949 bits per heavy atom. The van der Waals surface area contributed by atoms with E-state index >= 15 is 0 Å². The second-order valence-corrected chi connectivity index (χ2v) is 9.57. The minimum Gasteiger partial charge on any atom is -0.480 e. The number of benzene rings is 3. The van der Waals surface area contributed by atoms with Crippen LogP contribution in [0.5, 0.6) is 0 Å². The first kappa shape index (κ1) is 27.5. The van der Waals surface area contributed by atoms with E-state index in [-0.39, 0.29) is 24.2 Å². The molecule has 3 aromatic rings. The topological polar surface area (TPSA) is 149 Å². The molecule has 4 rings (SSSR count). The summed E-state index contributed by atoms with van der Waals surface area (Å²) in [5.41, 5.74) is 8.69. The molecule has 202 valence electrons. The van der Waals surface area contributed by atoms with Gasteiger partial charge in [0.2, 0.25) is 11.8 Å². The van der Waals surface area contributed by atoms with Crippen molar-refractivity contribution in [2.24, 2.45) is 5.73 Å². The fraction of sp³-hybridized carbons (Fsp3) is 0.267. The maximum absolute atomic E-state index is 14.1. The van der Waals surface area contributed by atoms with Crippen LogP contribution in [0.4, 0.5) is 0 Å². The standard InChI is InChI=1S/C30H33N5O4/c31-28(32)23-15-13-20(14-16-23)18-34-29(38)24-12-7-17-35(24)30(39)27(33-19-25(36)37)26(21-8-3-1-4-9-21)22-10-5-2-6-11-22/h1-6,8-11,13-16,24,26-27,33H,7,12,17-19H2,(H3,31,32)(H,34,38)(H,36,37)/t24-,27+/m0/s1. The SMILES string of the molecule is N=C(N)c1ccc(CNC(=O)[C@@H]2CCCN2C(=O)[C@H](NCC(=O)O)C(c2ccccc2)c2ccccc2)cc1. The quantitative estimate of drug-likeness (QED) is 0.191. The number of nitrogens with two attached hydrogens (primary N) is 1. The van der Waals surface area contributed by atoms with Gasteiger partial charge in [0.05, 0.1) is 12.6 Å². The highest BCUT2D eigenvalue weighted by Crippen LogP contribution is 2.31. The molecule has 1 fully saturated rings. The molecular weight excluding hydrogens is 494 g/mol. The van der Waals surface area contributed by atoms with Gasteiger partial charge in [0.25, 0.3) is 0 Å². The van der Waals surface area contributed by atoms with Gasteiger partial charge >= 0.3 is 5.97 Å². The Morgan fingerprint density at radius 3 is 2.08 bits per heavy atom. The number of rotatable bonds is 11. The van der Waals surface area contributed by atoms with Gasteiger partial charge in [-0.1, -0.05) is 84.9 Å². The molecule has 2 atom stereocenters. The second kappa shape index (κ2) is 12.8. The molecule has 39 heavy (non-hydrogen) atoms. The number of aliphatic carboxylic acids is 1. The molecule has 1 aliphatic heterocycles. The molecule has 1 aliphatic rings. The third-order valence-corrected chi connectivity index (χ3v) is 6.96. The highest BCUT2D eigenvalue weighted by Gasteiger charge is 2.40. The molecule has 3 aromatic carbocycles. The van der Waals surface area contributed by atoms with Crippen LogP contribution < -0.4 is 16.4 Å². The molecule has 0 spiro atoms. The summed E-state index contributed by atoms with van der Waals surface area (Å²) < 4.78 is 0. The number of carboxylic acids is 1. The number of carbonyl (C=O) groups excluding carboxylic acids is 2. The number of hydrogen-bond donors (Lipinski definition) is 5. The Bertz CT molecular complexity index is 1260. The van der Waals surface area contributed by atoms with Crippen LogP contribution in [-0.2, 0) is 20.9 Å². The second-order valence-electron chi connectivity index (χ2n) is 9.57. The van der Waals surface area contributed by atoms with Crippen molar-refractivity contribution in [3.8, 4) is 0 Å². The normalized spacial score (nSPS) is 15.6. The van der Waals surface area contributed by atoms with Gasteiger partial charge in [-0.15, -0.1) is 0 Å². The fourth-order valence-corrected chi connectivity index (χ4v) is 5.03. The number of nitrogens with one attached hydrogen (secondary N) is 3. The van der Waals surface area contributed by atoms with Gasteiger partial charge in [-0.2, -0.15) is 0 Å². The van der Waals surface area contributed by atoms with Crippen molar-refractivity contribution in [3.63, 3.8) is 0 Å². The first-order chi connectivity index (χ1) is 18.8. The van der Waals surface area contributed by atoms with Crippen LogP contribution in [0.25, 0.3) is 0 Å². The van der Waals surface area contributed by atoms with Gasteiger partial charge in [-0.05, 0) is 29.5 Å². The molecule has 2 amide bonds. The molecule has 0 aliphatic carbocycles. The summed E-state index contributed by atoms with van der Waals surface area (Å²) in [5.74, 6) is -2.12. The largest absolute Gasteiger partial charge is 0.480 e. The van der Waals surface area contributed by atoms with Gasteiger partial charge in [-0.3, -0.25) is 25.1 Å². The molecule has 1 heterocycles. The molecule has 0 saturated carbocycles. The number of likely N-dealkylation sites (tertiary alicyclic amines) is 1. The number of hydrogen-bond acceptors (Lipinski definition) is 5. The van der Waals surface area contributed by atoms with E-state index in [4.69, 9.17) is 11.1 Å². The summed E-state index contributed by atoms with van der Waals surface area (Å²) in [5, 5.41) is 22.8. The zero-order valence-electron chi connectivity index (χ0n) is 21.5. The lowest BCUT2D eigenvalue weighted by atomic mass is 9.84. The van der Waals surface area contributed by atoms with E-state index in [9.17, 15) is 19.5 Å². The predicted octanol–water partition coefficient (Wildman–Crippen LogP) is 2.45. The first-order valence-corrected chi connectivity index (χ1v) is 12.9. The van der Waals surface area contributed by atoms with Crippen LogP contribution >= 0.6 is 0 Å². The summed E-state index contributed by atoms with van der Waals surface area (Å²) in [7, 11) is 0. The number of amides is 2. The summed E-state index contributed by atoms with van der Waals surface area (Å²) in [6.45, 7) is 0.284. The Balaban J connectivity index is 1.56. The molecule has 0 bridgehead atoms. The van der Waals surface area contributed by atoms with Gasteiger partial charge < -0.3 is 21.1 Å². The molecule has 1 saturated heterocycles. The average Bonchev–Trinajstić information content (AvgIpc) is 3.45.